The van der Waals surface area contributed by atoms with E-state index in [-0.39, 0.29) is 29.6 Å². The monoisotopic (exact) mass is 493 g/mol. The van der Waals surface area contributed by atoms with E-state index in [9.17, 15) is 19.5 Å². The van der Waals surface area contributed by atoms with Crippen LogP contribution in [0.5, 0.6) is 5.75 Å². The maximum atomic E-state index is 13.4. The molecule has 0 bridgehead atoms. The van der Waals surface area contributed by atoms with Gasteiger partial charge in [-0.2, -0.15) is 0 Å². The summed E-state index contributed by atoms with van der Waals surface area (Å²) in [5.41, 5.74) is 0.689. The van der Waals surface area contributed by atoms with E-state index in [4.69, 9.17) is 4.74 Å². The van der Waals surface area contributed by atoms with Gasteiger partial charge >= 0.3 is 5.97 Å². The van der Waals surface area contributed by atoms with Gasteiger partial charge in [0.05, 0.1) is 24.5 Å². The van der Waals surface area contributed by atoms with Crippen molar-refractivity contribution in [2.24, 2.45) is 17.8 Å². The molecule has 1 fully saturated rings. The van der Waals surface area contributed by atoms with Crippen molar-refractivity contribution in [1.82, 2.24) is 15.0 Å². The number of rotatable bonds is 8. The molecule has 8 nitrogen and oxygen atoms in total. The molecule has 1 aliphatic carbocycles. The normalized spacial score (nSPS) is 20.1. The molecule has 0 spiro atoms. The second-order valence-electron chi connectivity index (χ2n) is 10.5. The SMILES string of the molecule is C[Si](C)(C)CCOC(=O)[C@H]1[C@H](Cn2nnc3ccccc3c2=O)CC[C@@H]1C(=O)c1ccc(O)cc1. The number of nitrogens with zero attached hydrogens (tertiary/aromatic N) is 3. The van der Waals surface area contributed by atoms with E-state index in [2.05, 4.69) is 30.0 Å². The van der Waals surface area contributed by atoms with Gasteiger partial charge in [-0.05, 0) is 61.2 Å². The van der Waals surface area contributed by atoms with Gasteiger partial charge < -0.3 is 9.84 Å². The van der Waals surface area contributed by atoms with Gasteiger partial charge in [0.1, 0.15) is 11.3 Å². The maximum absolute atomic E-state index is 13.4. The first-order chi connectivity index (χ1) is 16.6. The first kappa shape index (κ1) is 24.8. The number of hydrogen-bond acceptors (Lipinski definition) is 7. The third-order valence-electron chi connectivity index (χ3n) is 6.68. The van der Waals surface area contributed by atoms with Crippen molar-refractivity contribution in [3.63, 3.8) is 0 Å². The number of aromatic nitrogens is 3. The number of carbonyl (C=O) groups is 2. The van der Waals surface area contributed by atoms with Crippen LogP contribution in [0.3, 0.4) is 0 Å². The molecule has 1 aliphatic rings. The Labute approximate surface area is 204 Å². The van der Waals surface area contributed by atoms with Gasteiger partial charge in [-0.25, -0.2) is 4.68 Å². The number of hydrogen-bond donors (Lipinski definition) is 1. The maximum Gasteiger partial charge on any atom is 0.310 e. The average molecular weight is 494 g/mol. The number of ether oxygens (including phenoxy) is 1. The minimum atomic E-state index is -1.40. The molecule has 0 aliphatic heterocycles. The molecule has 1 heterocycles. The van der Waals surface area contributed by atoms with E-state index in [0.29, 0.717) is 35.9 Å². The lowest BCUT2D eigenvalue weighted by Crippen LogP contribution is -2.36. The average Bonchev–Trinajstić information content (AvgIpc) is 3.24. The summed E-state index contributed by atoms with van der Waals surface area (Å²) >= 11 is 0. The highest BCUT2D eigenvalue weighted by atomic mass is 28.3. The fourth-order valence-corrected chi connectivity index (χ4v) is 5.41. The summed E-state index contributed by atoms with van der Waals surface area (Å²) in [6.07, 6.45) is 1.09. The predicted molar refractivity (Wildman–Crippen MR) is 135 cm³/mol. The van der Waals surface area contributed by atoms with E-state index in [0.717, 1.165) is 6.04 Å². The van der Waals surface area contributed by atoms with Crippen molar-refractivity contribution in [2.45, 2.75) is 45.1 Å². The van der Waals surface area contributed by atoms with Crippen LogP contribution >= 0.6 is 0 Å². The molecule has 0 unspecified atom stereocenters. The molecule has 35 heavy (non-hydrogen) atoms. The molecule has 184 valence electrons. The lowest BCUT2D eigenvalue weighted by atomic mass is 9.84. The third kappa shape index (κ3) is 5.67. The van der Waals surface area contributed by atoms with E-state index in [1.807, 2.05) is 0 Å². The van der Waals surface area contributed by atoms with Crippen LogP contribution in [0, 0.1) is 17.8 Å². The van der Waals surface area contributed by atoms with E-state index in [1.165, 1.54) is 16.8 Å². The lowest BCUT2D eigenvalue weighted by Gasteiger charge is -2.24. The summed E-state index contributed by atoms with van der Waals surface area (Å²) in [6.45, 7) is 7.14. The Morgan fingerprint density at radius 2 is 1.80 bits per heavy atom. The molecule has 0 amide bonds. The molecule has 3 aromatic rings. The second-order valence-corrected chi connectivity index (χ2v) is 16.1. The molecule has 1 N–H and O–H groups in total. The number of esters is 1. The Hall–Kier alpha value is -3.33. The fraction of sp³-hybridized carbons (Fsp3) is 0.423. The summed E-state index contributed by atoms with van der Waals surface area (Å²) in [5, 5.41) is 18.3. The molecule has 2 aromatic carbocycles. The summed E-state index contributed by atoms with van der Waals surface area (Å²) in [7, 11) is -1.40. The van der Waals surface area contributed by atoms with Crippen LogP contribution in [0.4, 0.5) is 0 Å². The van der Waals surface area contributed by atoms with E-state index < -0.39 is 25.9 Å². The van der Waals surface area contributed by atoms with Crippen LogP contribution in [-0.4, -0.2) is 46.5 Å². The Bertz CT molecular complexity index is 1280. The molecule has 0 radical (unpaired) electrons. The number of Topliss-reactive ketones (excluding diaryl/α,β-unsaturated/α-hetero) is 1. The highest BCUT2D eigenvalue weighted by molar-refractivity contribution is 6.76. The first-order valence-corrected chi connectivity index (χ1v) is 15.7. The van der Waals surface area contributed by atoms with Crippen molar-refractivity contribution >= 4 is 30.7 Å². The molecule has 0 saturated heterocycles. The first-order valence-electron chi connectivity index (χ1n) is 12.0. The van der Waals surface area contributed by atoms with Crippen LogP contribution < -0.4 is 5.56 Å². The minimum Gasteiger partial charge on any atom is -0.508 e. The van der Waals surface area contributed by atoms with Crippen molar-refractivity contribution < 1.29 is 19.4 Å². The van der Waals surface area contributed by atoms with Crippen LogP contribution in [0.2, 0.25) is 25.7 Å². The van der Waals surface area contributed by atoms with E-state index in [1.54, 1.807) is 36.4 Å². The van der Waals surface area contributed by atoms with Gasteiger partial charge in [0.2, 0.25) is 0 Å². The Morgan fingerprint density at radius 1 is 1.09 bits per heavy atom. The number of benzene rings is 2. The van der Waals surface area contributed by atoms with Crippen molar-refractivity contribution in [1.29, 1.82) is 0 Å². The lowest BCUT2D eigenvalue weighted by molar-refractivity contribution is -0.150. The molecular formula is C26H31N3O5Si. The van der Waals surface area contributed by atoms with Crippen LogP contribution in [0.1, 0.15) is 23.2 Å². The molecule has 9 heteroatoms. The van der Waals surface area contributed by atoms with Gasteiger partial charge in [0.15, 0.2) is 5.78 Å². The number of ketones is 1. The van der Waals surface area contributed by atoms with Gasteiger partial charge in [0.25, 0.3) is 5.56 Å². The second kappa shape index (κ2) is 10.1. The minimum absolute atomic E-state index is 0.0717. The largest absolute Gasteiger partial charge is 0.508 e. The van der Waals surface area contributed by atoms with Gasteiger partial charge in [0, 0.05) is 19.6 Å². The molecular weight excluding hydrogens is 462 g/mol. The number of carbonyl (C=O) groups excluding carboxylic acids is 2. The fourth-order valence-electron chi connectivity index (χ4n) is 4.70. The molecule has 1 saturated carbocycles. The van der Waals surface area contributed by atoms with E-state index >= 15 is 0 Å². The van der Waals surface area contributed by atoms with Crippen molar-refractivity contribution in [3.8, 4) is 5.75 Å². The molecule has 4 rings (SSSR count). The summed E-state index contributed by atoms with van der Waals surface area (Å²) in [5.74, 6) is -2.01. The van der Waals surface area contributed by atoms with Gasteiger partial charge in [-0.15, -0.1) is 5.10 Å². The molecule has 3 atom stereocenters. The Balaban J connectivity index is 1.60. The standard InChI is InChI=1S/C26H31N3O5Si/c1-35(2,3)15-14-34-26(33)23-18(10-13-21(23)24(31)17-8-11-19(30)12-9-17)16-29-25(32)20-6-4-5-7-22(20)27-28-29/h4-9,11-12,18,21,23,30H,10,13-16H2,1-3H3/t18-,21-,23-/m0/s1. The molecule has 1 aromatic heterocycles. The van der Waals surface area contributed by atoms with Gasteiger partial charge in [-0.3, -0.25) is 14.4 Å². The quantitative estimate of drug-likeness (QED) is 0.288. The Morgan fingerprint density at radius 3 is 2.51 bits per heavy atom. The van der Waals surface area contributed by atoms with Crippen LogP contribution in [-0.2, 0) is 16.1 Å². The summed E-state index contributed by atoms with van der Waals surface area (Å²) in [6, 6.07) is 13.9. The Kier molecular flexibility index (Phi) is 7.16. The zero-order valence-electron chi connectivity index (χ0n) is 20.3. The van der Waals surface area contributed by atoms with Crippen molar-refractivity contribution in [3.05, 3.63) is 64.4 Å². The third-order valence-corrected chi connectivity index (χ3v) is 8.39. The summed E-state index contributed by atoms with van der Waals surface area (Å²) < 4.78 is 6.98. The van der Waals surface area contributed by atoms with Gasteiger partial charge in [-0.1, -0.05) is 37.0 Å². The highest BCUT2D eigenvalue weighted by Gasteiger charge is 2.46. The summed E-state index contributed by atoms with van der Waals surface area (Å²) in [4.78, 5) is 39.7. The number of phenols is 1. The zero-order chi connectivity index (χ0) is 25.2. The topological polar surface area (TPSA) is 111 Å². The smallest absolute Gasteiger partial charge is 0.310 e. The zero-order valence-corrected chi connectivity index (χ0v) is 21.3. The van der Waals surface area contributed by atoms with Crippen LogP contribution in [0.15, 0.2) is 53.3 Å². The highest BCUT2D eigenvalue weighted by Crippen LogP contribution is 2.41. The van der Waals surface area contributed by atoms with Crippen LogP contribution in [0.25, 0.3) is 10.9 Å². The number of phenolic OH excluding ortho intramolecular Hbond substituents is 1. The predicted octanol–water partition coefficient (Wildman–Crippen LogP) is 3.90. The number of aromatic hydroxyl groups is 1. The number of fused-ring (bicyclic) bond motifs is 1. The van der Waals surface area contributed by atoms with Crippen molar-refractivity contribution in [2.75, 3.05) is 6.61 Å².